The number of hydrogen-bond acceptors (Lipinski definition) is 27. The Hall–Kier alpha value is -9.48. The molecule has 22 atom stereocenters. The molecule has 608 valence electrons. The second-order valence-electron chi connectivity index (χ2n) is 30.3. The van der Waals surface area contributed by atoms with Gasteiger partial charge in [-0.15, -0.1) is 6.58 Å². The SMILES string of the molecule is C=CCO[C@@H]1OC2COC(c3ccccc3)O[C@@H]2[C@H](O[C@@H]2OC(C(=O)OC)[C@@H](O[C@@H]3OC4COC(c5ccccc5)O[C@@H]4[C@H](O[C@@H]4OC(C(=O)OC)[C@@H](O[Si](C)(C(C)(C)C)C(C)(C)C)[C@H](OC(=O)c5ccccc5)C4OC(=O)c4ccccc4)C3NC(C)=O)[C@H](OC(=O)c3ccccc3)C2OC(=O)c2ccccc2)C1NC(C)=O. The molecular weight excluding hydrogens is 1500 g/mol. The van der Waals surface area contributed by atoms with Crippen LogP contribution in [0, 0.1) is 0 Å². The van der Waals surface area contributed by atoms with Crippen molar-refractivity contribution in [2.75, 3.05) is 34.0 Å². The molecule has 6 heterocycles. The van der Waals surface area contributed by atoms with E-state index in [0.717, 1.165) is 21.1 Å². The molecule has 0 radical (unpaired) electrons. The number of carbonyl (C=O) groups is 8. The Balaban J connectivity index is 1.02. The molecule has 0 spiro atoms. The standard InChI is InChI=1S/C84H96N2O27Si/c1-13-44-97-79-57(85-47(2)87)61(59-55(100-79)45-98-77(106-59)53-40-28-18-29-41-53)108-81-69(104-73(91)51-36-24-16-25-37-51)64(102-71(89)49-32-20-14-21-33-49)63(67(111-81)75(93)95-10)110-80-58(86-48(3)88)62(60-56(101-80)46-99-78(107-60)54-42-30-19-31-43-54)109-82-70(105-74(92)52-38-26-17-27-39-52)65(103-72(90)50-34-22-15-23-35-50)66(68(112-82)76(94)96-11)113-114(12,83(4,5)6)84(7,8)9/h13-43,55-70,77-82H,1,44-46H2,2-12H3,(H,85,87)(H,86,88)/t55?,56?,57?,58?,59-,60-,61+,62+,63-,64-,65-,66-,67?,68?,69?,70?,77?,78?,79+,80-,81+,82+/m0/s1. The van der Waals surface area contributed by atoms with Crippen LogP contribution in [0.4, 0.5) is 0 Å². The van der Waals surface area contributed by atoms with Gasteiger partial charge in [0.25, 0.3) is 0 Å². The van der Waals surface area contributed by atoms with E-state index in [0.29, 0.717) is 11.1 Å². The summed E-state index contributed by atoms with van der Waals surface area (Å²) in [7, 11) is -1.24. The molecule has 2 N–H and O–H groups in total. The first kappa shape index (κ1) is 83.9. The van der Waals surface area contributed by atoms with Gasteiger partial charge in [-0.1, -0.05) is 181 Å². The van der Waals surface area contributed by atoms with Crippen molar-refractivity contribution in [3.05, 3.63) is 228 Å². The third kappa shape index (κ3) is 19.0. The van der Waals surface area contributed by atoms with Crippen LogP contribution in [0.2, 0.25) is 16.6 Å². The number of methoxy groups -OCH3 is 2. The number of ether oxygens (including phenoxy) is 18. The number of benzene rings is 6. The highest BCUT2D eigenvalue weighted by atomic mass is 28.4. The van der Waals surface area contributed by atoms with Crippen LogP contribution in [0.25, 0.3) is 0 Å². The Kier molecular flexibility index (Phi) is 27.2. The smallest absolute Gasteiger partial charge is 0.338 e. The minimum absolute atomic E-state index is 0.0207. The average molecular weight is 1590 g/mol. The third-order valence-electron chi connectivity index (χ3n) is 20.9. The first-order valence-electron chi connectivity index (χ1n) is 37.5. The molecule has 6 aromatic carbocycles. The minimum Gasteiger partial charge on any atom is -0.467 e. The Morgan fingerprint density at radius 2 is 0.746 bits per heavy atom. The normalized spacial score (nSPS) is 30.2. The summed E-state index contributed by atoms with van der Waals surface area (Å²) in [5.74, 6) is -7.68. The molecule has 6 aliphatic rings. The number of nitrogens with one attached hydrogen (secondary N) is 2. The molecule has 10 unspecified atom stereocenters. The van der Waals surface area contributed by atoms with E-state index >= 15 is 24.0 Å². The molecule has 114 heavy (non-hydrogen) atoms. The van der Waals surface area contributed by atoms with Crippen molar-refractivity contribution in [2.24, 2.45) is 0 Å². The van der Waals surface area contributed by atoms with E-state index in [9.17, 15) is 14.4 Å². The van der Waals surface area contributed by atoms with Crippen LogP contribution in [0.1, 0.15) is 121 Å². The van der Waals surface area contributed by atoms with Gasteiger partial charge in [-0.3, -0.25) is 9.59 Å². The number of hydrogen-bond donors (Lipinski definition) is 2. The van der Waals surface area contributed by atoms with Gasteiger partial charge < -0.3 is 100 Å². The first-order chi connectivity index (χ1) is 54.7. The maximum Gasteiger partial charge on any atom is 0.338 e. The third-order valence-corrected chi connectivity index (χ3v) is 27.4. The summed E-state index contributed by atoms with van der Waals surface area (Å²) in [5.41, 5.74) is 1.07. The van der Waals surface area contributed by atoms with Crippen molar-refractivity contribution in [3.63, 3.8) is 0 Å². The van der Waals surface area contributed by atoms with Crippen LogP contribution in [-0.4, -0.2) is 213 Å². The predicted molar refractivity (Wildman–Crippen MR) is 403 cm³/mol. The van der Waals surface area contributed by atoms with Crippen LogP contribution in [-0.2, 0) is 109 Å². The monoisotopic (exact) mass is 1590 g/mol. The van der Waals surface area contributed by atoms with Crippen LogP contribution >= 0.6 is 0 Å². The fourth-order valence-corrected chi connectivity index (χ4v) is 18.5. The lowest BCUT2D eigenvalue weighted by atomic mass is 9.92. The molecule has 0 saturated carbocycles. The highest BCUT2D eigenvalue weighted by Gasteiger charge is 2.65. The van der Waals surface area contributed by atoms with Crippen LogP contribution in [0.5, 0.6) is 0 Å². The number of carbonyl (C=O) groups excluding carboxylic acids is 8. The molecule has 0 bridgehead atoms. The highest BCUT2D eigenvalue weighted by molar-refractivity contribution is 6.78. The van der Waals surface area contributed by atoms with Crippen molar-refractivity contribution in [1.82, 2.24) is 10.6 Å². The number of rotatable bonds is 25. The van der Waals surface area contributed by atoms with E-state index in [1.54, 1.807) is 133 Å². The van der Waals surface area contributed by atoms with Crippen LogP contribution < -0.4 is 10.6 Å². The van der Waals surface area contributed by atoms with Gasteiger partial charge in [0.15, 0.2) is 74.4 Å². The van der Waals surface area contributed by atoms with Crippen molar-refractivity contribution in [1.29, 1.82) is 0 Å². The molecule has 2 amide bonds. The molecular formula is C84H96N2O27Si. The zero-order valence-electron chi connectivity index (χ0n) is 65.0. The summed E-state index contributed by atoms with van der Waals surface area (Å²) in [6.07, 6.45) is -32.5. The minimum atomic E-state index is -3.39. The highest BCUT2D eigenvalue weighted by Crippen LogP contribution is 2.54. The molecule has 0 aliphatic carbocycles. The Bertz CT molecular complexity index is 4260. The van der Waals surface area contributed by atoms with Gasteiger partial charge in [0.05, 0.1) is 56.3 Å². The molecule has 6 saturated heterocycles. The van der Waals surface area contributed by atoms with Crippen molar-refractivity contribution >= 4 is 55.9 Å². The molecule has 30 heteroatoms. The van der Waals surface area contributed by atoms with Gasteiger partial charge in [0.2, 0.25) is 20.1 Å². The van der Waals surface area contributed by atoms with Crippen molar-refractivity contribution < 1.29 is 128 Å². The van der Waals surface area contributed by atoms with Crippen molar-refractivity contribution in [2.45, 2.75) is 207 Å². The van der Waals surface area contributed by atoms with E-state index in [-0.39, 0.29) is 42.1 Å². The molecule has 29 nitrogen and oxygen atoms in total. The lowest BCUT2D eigenvalue weighted by Crippen LogP contribution is -2.73. The zero-order valence-corrected chi connectivity index (χ0v) is 66.0. The first-order valence-corrected chi connectivity index (χ1v) is 39.9. The molecule has 0 aromatic heterocycles. The second kappa shape index (κ2) is 37.0. The summed E-state index contributed by atoms with van der Waals surface area (Å²) >= 11 is 0. The van der Waals surface area contributed by atoms with Gasteiger partial charge >= 0.3 is 35.8 Å². The quantitative estimate of drug-likeness (QED) is 0.0233. The number of fused-ring (bicyclic) bond motifs is 2. The van der Waals surface area contributed by atoms with Crippen LogP contribution in [0.3, 0.4) is 0 Å². The maximum absolute atomic E-state index is 15.3. The van der Waals surface area contributed by atoms with E-state index in [1.165, 1.54) is 61.5 Å². The lowest BCUT2D eigenvalue weighted by Gasteiger charge is -2.55. The lowest BCUT2D eigenvalue weighted by molar-refractivity contribution is -0.395. The van der Waals surface area contributed by atoms with E-state index < -0.39 is 201 Å². The molecule has 12 rings (SSSR count). The molecule has 6 aliphatic heterocycles. The number of esters is 6. The van der Waals surface area contributed by atoms with Gasteiger partial charge in [-0.2, -0.15) is 0 Å². The van der Waals surface area contributed by atoms with Crippen LogP contribution in [0.15, 0.2) is 195 Å². The van der Waals surface area contributed by atoms with Gasteiger partial charge in [0.1, 0.15) is 60.9 Å². The predicted octanol–water partition coefficient (Wildman–Crippen LogP) is 9.29. The van der Waals surface area contributed by atoms with Gasteiger partial charge in [0, 0.05) is 25.0 Å². The summed E-state index contributed by atoms with van der Waals surface area (Å²) < 4.78 is 127. The number of amides is 2. The zero-order chi connectivity index (χ0) is 81.2. The fraction of sp³-hybridized carbons (Fsp3) is 0.452. The molecule has 6 aromatic rings. The summed E-state index contributed by atoms with van der Waals surface area (Å²) in [4.78, 5) is 119. The second-order valence-corrected chi connectivity index (χ2v) is 35.6. The fourth-order valence-electron chi connectivity index (χ4n) is 14.8. The van der Waals surface area contributed by atoms with Gasteiger partial charge in [-0.25, -0.2) is 28.8 Å². The topological polar surface area (TPSA) is 336 Å². The maximum atomic E-state index is 15.3. The largest absolute Gasteiger partial charge is 0.467 e. The van der Waals surface area contributed by atoms with Gasteiger partial charge in [-0.05, 0) is 65.2 Å². The van der Waals surface area contributed by atoms with Crippen molar-refractivity contribution in [3.8, 4) is 0 Å². The molecule has 6 fully saturated rings. The Morgan fingerprint density at radius 3 is 1.10 bits per heavy atom. The van der Waals surface area contributed by atoms with E-state index in [2.05, 4.69) is 17.2 Å². The average Bonchev–Trinajstić information content (AvgIpc) is 0.739. The Morgan fingerprint density at radius 1 is 0.421 bits per heavy atom. The van der Waals surface area contributed by atoms with E-state index in [1.807, 2.05) is 48.1 Å². The summed E-state index contributed by atoms with van der Waals surface area (Å²) in [6, 6.07) is 45.7. The Labute approximate surface area is 661 Å². The summed E-state index contributed by atoms with van der Waals surface area (Å²) in [6.45, 7) is 19.5. The van der Waals surface area contributed by atoms with E-state index in [4.69, 9.17) is 89.7 Å². The summed E-state index contributed by atoms with van der Waals surface area (Å²) in [5, 5.41) is 4.49.